The molecule has 22 heavy (non-hydrogen) atoms. The van der Waals surface area contributed by atoms with Gasteiger partial charge in [-0.2, -0.15) is 0 Å². The van der Waals surface area contributed by atoms with Crippen molar-refractivity contribution in [2.45, 2.75) is 46.8 Å². The summed E-state index contributed by atoms with van der Waals surface area (Å²) in [5, 5.41) is 6.29. The number of hydrogen-bond donors (Lipinski definition) is 2. The van der Waals surface area contributed by atoms with Gasteiger partial charge >= 0.3 is 6.09 Å². The number of aromatic nitrogens is 1. The van der Waals surface area contributed by atoms with Gasteiger partial charge < -0.3 is 15.4 Å². The molecule has 1 rings (SSSR count). The van der Waals surface area contributed by atoms with Crippen LogP contribution in [-0.4, -0.2) is 29.8 Å². The number of amides is 1. The number of hydrogen-bond acceptors (Lipinski definition) is 4. The van der Waals surface area contributed by atoms with Crippen molar-refractivity contribution in [2.24, 2.45) is 11.8 Å². The summed E-state index contributed by atoms with van der Waals surface area (Å²) in [6.07, 6.45) is 3.23. The van der Waals surface area contributed by atoms with E-state index < -0.39 is 5.60 Å². The van der Waals surface area contributed by atoms with Gasteiger partial charge in [0.05, 0.1) is 0 Å². The van der Waals surface area contributed by atoms with E-state index in [2.05, 4.69) is 29.5 Å². The molecule has 0 aromatic carbocycles. The summed E-state index contributed by atoms with van der Waals surface area (Å²) in [5.74, 6) is 0.828. The molecular weight excluding hydrogens is 278 g/mol. The van der Waals surface area contributed by atoms with Crippen molar-refractivity contribution >= 4 is 6.09 Å². The molecule has 0 aliphatic heterocycles. The molecule has 0 saturated heterocycles. The molecule has 1 amide bonds. The van der Waals surface area contributed by atoms with Crippen LogP contribution in [-0.2, 0) is 11.3 Å². The van der Waals surface area contributed by atoms with Crippen LogP contribution >= 0.6 is 0 Å². The van der Waals surface area contributed by atoms with Crippen molar-refractivity contribution in [3.8, 4) is 0 Å². The number of pyridine rings is 1. The van der Waals surface area contributed by atoms with E-state index in [-0.39, 0.29) is 6.09 Å². The van der Waals surface area contributed by atoms with Crippen LogP contribution in [0.5, 0.6) is 0 Å². The van der Waals surface area contributed by atoms with Gasteiger partial charge in [-0.1, -0.05) is 13.8 Å². The lowest BCUT2D eigenvalue weighted by atomic mass is 9.95. The van der Waals surface area contributed by atoms with E-state index in [4.69, 9.17) is 4.74 Å². The molecule has 1 heterocycles. The highest BCUT2D eigenvalue weighted by molar-refractivity contribution is 5.67. The Balaban J connectivity index is 2.34. The molecule has 0 aliphatic rings. The minimum absolute atomic E-state index is 0.354. The first kappa shape index (κ1) is 18.4. The van der Waals surface area contributed by atoms with Gasteiger partial charge in [0, 0.05) is 32.0 Å². The summed E-state index contributed by atoms with van der Waals surface area (Å²) >= 11 is 0. The Morgan fingerprint density at radius 2 is 1.86 bits per heavy atom. The van der Waals surface area contributed by atoms with Gasteiger partial charge in [0.15, 0.2) is 0 Å². The second-order valence-electron chi connectivity index (χ2n) is 6.87. The SMILES string of the molecule is CC(C)C(CNCc1ccncc1)CNC(=O)OC(C)(C)C. The summed E-state index contributed by atoms with van der Waals surface area (Å²) < 4.78 is 5.26. The van der Waals surface area contributed by atoms with Crippen molar-refractivity contribution in [2.75, 3.05) is 13.1 Å². The first-order chi connectivity index (χ1) is 10.3. The second-order valence-corrected chi connectivity index (χ2v) is 6.87. The lowest BCUT2D eigenvalue weighted by Gasteiger charge is -2.24. The van der Waals surface area contributed by atoms with E-state index in [9.17, 15) is 4.79 Å². The van der Waals surface area contributed by atoms with Crippen LogP contribution in [0.25, 0.3) is 0 Å². The van der Waals surface area contributed by atoms with Gasteiger partial charge in [-0.25, -0.2) is 4.79 Å². The van der Waals surface area contributed by atoms with Crippen molar-refractivity contribution in [3.05, 3.63) is 30.1 Å². The molecule has 1 unspecified atom stereocenters. The first-order valence-corrected chi connectivity index (χ1v) is 7.84. The van der Waals surface area contributed by atoms with Gasteiger partial charge in [-0.3, -0.25) is 4.98 Å². The van der Waals surface area contributed by atoms with Crippen LogP contribution in [0.3, 0.4) is 0 Å². The maximum Gasteiger partial charge on any atom is 0.407 e. The molecule has 124 valence electrons. The van der Waals surface area contributed by atoms with Crippen LogP contribution in [0, 0.1) is 11.8 Å². The maximum atomic E-state index is 11.7. The lowest BCUT2D eigenvalue weighted by molar-refractivity contribution is 0.0515. The minimum atomic E-state index is -0.461. The highest BCUT2D eigenvalue weighted by Crippen LogP contribution is 2.10. The Kier molecular flexibility index (Phi) is 7.32. The molecular formula is C17H29N3O2. The van der Waals surface area contributed by atoms with Gasteiger partial charge in [0.25, 0.3) is 0 Å². The summed E-state index contributed by atoms with van der Waals surface area (Å²) in [5.41, 5.74) is 0.745. The Labute approximate surface area is 133 Å². The number of nitrogens with one attached hydrogen (secondary N) is 2. The molecule has 0 bridgehead atoms. The average Bonchev–Trinajstić information content (AvgIpc) is 2.41. The predicted molar refractivity (Wildman–Crippen MR) is 88.5 cm³/mol. The number of nitrogens with zero attached hydrogens (tertiary/aromatic N) is 1. The van der Waals surface area contributed by atoms with E-state index in [0.717, 1.165) is 13.1 Å². The molecule has 0 saturated carbocycles. The molecule has 1 aromatic heterocycles. The van der Waals surface area contributed by atoms with Gasteiger partial charge in [-0.15, -0.1) is 0 Å². The molecule has 2 N–H and O–H groups in total. The minimum Gasteiger partial charge on any atom is -0.444 e. The highest BCUT2D eigenvalue weighted by Gasteiger charge is 2.18. The largest absolute Gasteiger partial charge is 0.444 e. The Bertz CT molecular complexity index is 441. The topological polar surface area (TPSA) is 63.2 Å². The molecule has 1 aromatic rings. The Morgan fingerprint density at radius 1 is 1.23 bits per heavy atom. The van der Waals surface area contributed by atoms with Crippen molar-refractivity contribution in [1.29, 1.82) is 0 Å². The Hall–Kier alpha value is -1.62. The predicted octanol–water partition coefficient (Wildman–Crippen LogP) is 2.97. The zero-order valence-electron chi connectivity index (χ0n) is 14.3. The summed E-state index contributed by atoms with van der Waals surface area (Å²) in [4.78, 5) is 15.7. The van der Waals surface area contributed by atoms with E-state index >= 15 is 0 Å². The average molecular weight is 307 g/mol. The number of rotatable bonds is 7. The Morgan fingerprint density at radius 3 is 2.41 bits per heavy atom. The molecule has 0 fully saturated rings. The first-order valence-electron chi connectivity index (χ1n) is 7.84. The van der Waals surface area contributed by atoms with Gasteiger partial charge in [0.1, 0.15) is 5.60 Å². The van der Waals surface area contributed by atoms with Crippen molar-refractivity contribution < 1.29 is 9.53 Å². The van der Waals surface area contributed by atoms with Crippen LogP contribution in [0.4, 0.5) is 4.79 Å². The monoisotopic (exact) mass is 307 g/mol. The van der Waals surface area contributed by atoms with E-state index in [1.807, 2.05) is 32.9 Å². The van der Waals surface area contributed by atoms with E-state index in [0.29, 0.717) is 18.4 Å². The molecule has 0 aliphatic carbocycles. The highest BCUT2D eigenvalue weighted by atomic mass is 16.6. The number of carbonyl (C=O) groups is 1. The maximum absolute atomic E-state index is 11.7. The van der Waals surface area contributed by atoms with E-state index in [1.165, 1.54) is 5.56 Å². The van der Waals surface area contributed by atoms with Gasteiger partial charge in [-0.05, 0) is 50.3 Å². The van der Waals surface area contributed by atoms with Crippen molar-refractivity contribution in [3.63, 3.8) is 0 Å². The third-order valence-corrected chi connectivity index (χ3v) is 3.34. The van der Waals surface area contributed by atoms with Crippen LogP contribution in [0.2, 0.25) is 0 Å². The summed E-state index contributed by atoms with van der Waals surface area (Å²) in [7, 11) is 0. The fourth-order valence-corrected chi connectivity index (χ4v) is 1.97. The molecule has 0 spiro atoms. The molecule has 1 atom stereocenters. The van der Waals surface area contributed by atoms with Crippen LogP contribution in [0.15, 0.2) is 24.5 Å². The lowest BCUT2D eigenvalue weighted by Crippen LogP contribution is -2.39. The fourth-order valence-electron chi connectivity index (χ4n) is 1.97. The third-order valence-electron chi connectivity index (χ3n) is 3.34. The summed E-state index contributed by atoms with van der Waals surface area (Å²) in [6.45, 7) is 12.2. The third kappa shape index (κ3) is 7.98. The van der Waals surface area contributed by atoms with Crippen molar-refractivity contribution in [1.82, 2.24) is 15.6 Å². The van der Waals surface area contributed by atoms with E-state index in [1.54, 1.807) is 12.4 Å². The molecule has 5 heteroatoms. The fraction of sp³-hybridized carbons (Fsp3) is 0.647. The molecule has 0 radical (unpaired) electrons. The summed E-state index contributed by atoms with van der Waals surface area (Å²) in [6, 6.07) is 3.99. The second kappa shape index (κ2) is 8.73. The zero-order chi connectivity index (χ0) is 16.6. The standard InChI is InChI=1S/C17H29N3O2/c1-13(2)15(12-20-16(21)22-17(3,4)5)11-19-10-14-6-8-18-9-7-14/h6-9,13,15,19H,10-12H2,1-5H3,(H,20,21). The zero-order valence-corrected chi connectivity index (χ0v) is 14.3. The smallest absolute Gasteiger partial charge is 0.407 e. The number of alkyl carbamates (subject to hydrolysis) is 1. The molecule has 5 nitrogen and oxygen atoms in total. The normalized spacial score (nSPS) is 13.0. The van der Waals surface area contributed by atoms with Crippen LogP contribution in [0.1, 0.15) is 40.2 Å². The number of ether oxygens (including phenoxy) is 1. The van der Waals surface area contributed by atoms with Crippen LogP contribution < -0.4 is 10.6 Å². The quantitative estimate of drug-likeness (QED) is 0.813. The number of carbonyl (C=O) groups excluding carboxylic acids is 1. The van der Waals surface area contributed by atoms with Gasteiger partial charge in [0.2, 0.25) is 0 Å².